The molecule has 3 heterocycles. The van der Waals surface area contributed by atoms with Crippen molar-refractivity contribution in [2.45, 2.75) is 51.2 Å². The molecule has 1 fully saturated rings. The predicted molar refractivity (Wildman–Crippen MR) is 168 cm³/mol. The second-order valence-electron chi connectivity index (χ2n) is 11.7. The topological polar surface area (TPSA) is 170 Å². The van der Waals surface area contributed by atoms with Gasteiger partial charge in [-0.25, -0.2) is 35.8 Å². The second kappa shape index (κ2) is 13.1. The first-order valence-corrected chi connectivity index (χ1v) is 16.2. The van der Waals surface area contributed by atoms with E-state index in [0.29, 0.717) is 11.6 Å². The Labute approximate surface area is 271 Å². The van der Waals surface area contributed by atoms with Crippen molar-refractivity contribution in [1.82, 2.24) is 19.4 Å². The van der Waals surface area contributed by atoms with Crippen LogP contribution in [0, 0.1) is 35.7 Å². The van der Waals surface area contributed by atoms with E-state index in [2.05, 4.69) is 15.3 Å². The summed E-state index contributed by atoms with van der Waals surface area (Å²) in [6, 6.07) is 6.59. The molecule has 1 saturated heterocycles. The van der Waals surface area contributed by atoms with Gasteiger partial charge in [0, 0.05) is 42.2 Å². The Morgan fingerprint density at radius 3 is 2.54 bits per heavy atom. The molecule has 2 atom stereocenters. The van der Waals surface area contributed by atoms with Crippen LogP contribution in [-0.2, 0) is 15.8 Å². The number of alkyl halides is 1. The fraction of sp³-hybridized carbons (Fsp3) is 0.323. The first kappa shape index (κ1) is 34.1. The third kappa shape index (κ3) is 6.88. The van der Waals surface area contributed by atoms with Crippen LogP contribution < -0.4 is 15.6 Å². The van der Waals surface area contributed by atoms with Crippen molar-refractivity contribution in [3.63, 3.8) is 0 Å². The molecule has 1 aliphatic heterocycles. The maximum atomic E-state index is 15.6. The highest BCUT2D eigenvalue weighted by Crippen LogP contribution is 2.33. The molecule has 0 spiro atoms. The number of pyridine rings is 1. The van der Waals surface area contributed by atoms with Gasteiger partial charge < -0.3 is 15.3 Å². The van der Waals surface area contributed by atoms with Gasteiger partial charge in [0.1, 0.15) is 17.5 Å². The molecule has 0 aliphatic carbocycles. The van der Waals surface area contributed by atoms with Crippen LogP contribution in [0.4, 0.5) is 34.0 Å². The molecule has 17 heteroatoms. The van der Waals surface area contributed by atoms with Crippen molar-refractivity contribution < 1.29 is 35.9 Å². The molecule has 252 valence electrons. The smallest absolute Gasteiger partial charge is 0.407 e. The van der Waals surface area contributed by atoms with Crippen molar-refractivity contribution in [3.05, 3.63) is 81.0 Å². The number of likely N-dealkylation sites (tertiary alicyclic amines) is 1. The van der Waals surface area contributed by atoms with E-state index >= 15 is 13.2 Å². The molecule has 4 aromatic rings. The molecular weight excluding hydrogens is 658 g/mol. The highest BCUT2D eigenvalue weighted by Gasteiger charge is 2.31. The Bertz CT molecular complexity index is 2150. The van der Waals surface area contributed by atoms with Gasteiger partial charge in [-0.3, -0.25) is 14.1 Å². The average molecular weight is 688 g/mol. The Morgan fingerprint density at radius 2 is 1.88 bits per heavy atom. The number of carbonyl (C=O) groups is 1. The second-order valence-corrected chi connectivity index (χ2v) is 13.4. The number of nitriles is 1. The number of nitrogens with zero attached hydrogens (tertiary/aromatic N) is 5. The number of nitrogens with one attached hydrogen (secondary N) is 2. The summed E-state index contributed by atoms with van der Waals surface area (Å²) >= 11 is 0. The van der Waals surface area contributed by atoms with Crippen LogP contribution in [0.5, 0.6) is 0 Å². The van der Waals surface area contributed by atoms with Gasteiger partial charge in [0.05, 0.1) is 29.5 Å². The van der Waals surface area contributed by atoms with Gasteiger partial charge in [-0.05, 0) is 50.1 Å². The number of aryl methyl sites for hydroxylation is 1. The van der Waals surface area contributed by atoms with Crippen molar-refractivity contribution >= 4 is 38.8 Å². The summed E-state index contributed by atoms with van der Waals surface area (Å²) in [4.78, 5) is 34.5. The molecule has 2 aromatic carbocycles. The Morgan fingerprint density at radius 1 is 1.15 bits per heavy atom. The normalized spacial score (nSPS) is 16.6. The largest absolute Gasteiger partial charge is 0.465 e. The van der Waals surface area contributed by atoms with Crippen LogP contribution in [0.15, 0.2) is 41.3 Å². The standard InChI is InChI=1S/C31H29F4N7O5S/c1-15(2)42-28-19(11-37-30(39-28)38-21-8-20(32)12-41(13-21)31(44)45)7-23(29(42)43)22-9-24(33)27(26(35)25(22)34)40-48(46,47)14-17-5-4-16(3)6-18(17)10-36/h4-7,9,11,15,20-21,40H,8,12-14H2,1-3H3,(H,44,45)(H,37,38,39)/t20-,21-/m0/s1. The third-order valence-corrected chi connectivity index (χ3v) is 8.94. The molecule has 0 radical (unpaired) electrons. The Balaban J connectivity index is 1.50. The van der Waals surface area contributed by atoms with E-state index in [0.717, 1.165) is 15.5 Å². The summed E-state index contributed by atoms with van der Waals surface area (Å²) in [6.07, 6.45) is -1.47. The molecule has 2 aromatic heterocycles. The average Bonchev–Trinajstić information content (AvgIpc) is 3.01. The van der Waals surface area contributed by atoms with E-state index in [-0.39, 0.29) is 47.6 Å². The number of fused-ring (bicyclic) bond motifs is 1. The maximum absolute atomic E-state index is 15.6. The van der Waals surface area contributed by atoms with Gasteiger partial charge in [0.15, 0.2) is 17.5 Å². The number of benzene rings is 2. The molecule has 12 nitrogen and oxygen atoms in total. The van der Waals surface area contributed by atoms with Crippen molar-refractivity contribution in [2.24, 2.45) is 0 Å². The molecule has 5 rings (SSSR count). The van der Waals surface area contributed by atoms with Gasteiger partial charge in [-0.15, -0.1) is 0 Å². The molecule has 1 amide bonds. The van der Waals surface area contributed by atoms with Gasteiger partial charge in [0.2, 0.25) is 16.0 Å². The zero-order chi connectivity index (χ0) is 35.1. The molecule has 0 unspecified atom stereocenters. The number of rotatable bonds is 8. The number of carboxylic acid groups (broad SMARTS) is 1. The summed E-state index contributed by atoms with van der Waals surface area (Å²) in [6.45, 7) is 4.60. The SMILES string of the molecule is Cc1ccc(CS(=O)(=O)Nc2c(F)cc(-c3cc4cnc(N[C@H]5C[C@H](F)CN(C(=O)O)C5)nc4n(C(C)C)c3=O)c(F)c2F)c(C#N)c1. The van der Waals surface area contributed by atoms with E-state index in [1.807, 2.05) is 6.07 Å². The number of anilines is 2. The number of piperidine rings is 1. The summed E-state index contributed by atoms with van der Waals surface area (Å²) < 4.78 is 89.0. The lowest BCUT2D eigenvalue weighted by Gasteiger charge is -2.33. The van der Waals surface area contributed by atoms with Gasteiger partial charge in [0.25, 0.3) is 5.56 Å². The first-order valence-electron chi connectivity index (χ1n) is 14.6. The number of sulfonamides is 1. The molecular formula is C31H29F4N7O5S. The van der Waals surface area contributed by atoms with Gasteiger partial charge >= 0.3 is 6.09 Å². The monoisotopic (exact) mass is 687 g/mol. The minimum Gasteiger partial charge on any atom is -0.465 e. The van der Waals surface area contributed by atoms with E-state index in [4.69, 9.17) is 0 Å². The number of halogens is 4. The van der Waals surface area contributed by atoms with Crippen LogP contribution in [-0.4, -0.2) is 64.4 Å². The number of hydrogen-bond acceptors (Lipinski definition) is 8. The predicted octanol–water partition coefficient (Wildman–Crippen LogP) is 5.08. The maximum Gasteiger partial charge on any atom is 0.407 e. The van der Waals surface area contributed by atoms with Crippen molar-refractivity contribution in [3.8, 4) is 17.2 Å². The quantitative estimate of drug-likeness (QED) is 0.169. The third-order valence-electron chi connectivity index (χ3n) is 7.73. The summed E-state index contributed by atoms with van der Waals surface area (Å²) in [5, 5.41) is 21.7. The lowest BCUT2D eigenvalue weighted by atomic mass is 10.0. The highest BCUT2D eigenvalue weighted by atomic mass is 32.2. The zero-order valence-electron chi connectivity index (χ0n) is 25.8. The molecule has 48 heavy (non-hydrogen) atoms. The van der Waals surface area contributed by atoms with E-state index < -0.39 is 79.9 Å². The molecule has 3 N–H and O–H groups in total. The number of amides is 1. The van der Waals surface area contributed by atoms with E-state index in [1.165, 1.54) is 18.3 Å². The zero-order valence-corrected chi connectivity index (χ0v) is 26.6. The van der Waals surface area contributed by atoms with E-state index in [1.54, 1.807) is 31.6 Å². The Hall–Kier alpha value is -5.24. The fourth-order valence-corrected chi connectivity index (χ4v) is 6.78. The lowest BCUT2D eigenvalue weighted by molar-refractivity contribution is 0.102. The minimum atomic E-state index is -4.54. The van der Waals surface area contributed by atoms with Crippen LogP contribution in [0.3, 0.4) is 0 Å². The van der Waals surface area contributed by atoms with Crippen LogP contribution in [0.25, 0.3) is 22.2 Å². The number of hydrogen-bond donors (Lipinski definition) is 3. The van der Waals surface area contributed by atoms with Crippen LogP contribution in [0.1, 0.15) is 43.0 Å². The van der Waals surface area contributed by atoms with Gasteiger partial charge in [-0.1, -0.05) is 12.1 Å². The molecule has 0 bridgehead atoms. The number of aromatic nitrogens is 3. The van der Waals surface area contributed by atoms with Crippen molar-refractivity contribution in [2.75, 3.05) is 23.1 Å². The summed E-state index contributed by atoms with van der Waals surface area (Å²) in [7, 11) is -4.54. The van der Waals surface area contributed by atoms with Crippen LogP contribution >= 0.6 is 0 Å². The summed E-state index contributed by atoms with van der Waals surface area (Å²) in [5.41, 5.74) is -2.58. The molecule has 0 saturated carbocycles. The fourth-order valence-electron chi connectivity index (χ4n) is 5.54. The lowest BCUT2D eigenvalue weighted by Crippen LogP contribution is -2.49. The molecule has 1 aliphatic rings. The minimum absolute atomic E-state index is 0.0173. The first-order chi connectivity index (χ1) is 22.6. The highest BCUT2D eigenvalue weighted by molar-refractivity contribution is 7.91. The van der Waals surface area contributed by atoms with Gasteiger partial charge in [-0.2, -0.15) is 10.2 Å². The van der Waals surface area contributed by atoms with Crippen molar-refractivity contribution in [1.29, 1.82) is 5.26 Å². The Kier molecular flexibility index (Phi) is 9.31. The summed E-state index contributed by atoms with van der Waals surface area (Å²) in [5.74, 6) is -5.96. The van der Waals surface area contributed by atoms with Crippen LogP contribution in [0.2, 0.25) is 0 Å². The van der Waals surface area contributed by atoms with E-state index in [9.17, 15) is 32.8 Å².